The minimum absolute atomic E-state index is 1.06. The summed E-state index contributed by atoms with van der Waals surface area (Å²) >= 11 is 0. The van der Waals surface area contributed by atoms with E-state index in [0.717, 1.165) is 10.1 Å². The van der Waals surface area contributed by atoms with Crippen molar-refractivity contribution >= 4 is 21.6 Å². The van der Waals surface area contributed by atoms with E-state index in [0.29, 0.717) is 0 Å². The van der Waals surface area contributed by atoms with E-state index in [-0.39, 0.29) is 0 Å². The Morgan fingerprint density at radius 3 is 1.44 bits per heavy atom. The molecule has 0 aromatic carbocycles. The third-order valence-electron chi connectivity index (χ3n) is 2.53. The summed E-state index contributed by atoms with van der Waals surface area (Å²) in [5.41, 5.74) is 4.84. The third-order valence-corrected chi connectivity index (χ3v) is 4.98. The highest BCUT2D eigenvalue weighted by atomic mass is 33.1. The average Bonchev–Trinajstić information content (AvgIpc) is 2.30. The molecule has 2 aromatic heterocycles. The van der Waals surface area contributed by atoms with Crippen molar-refractivity contribution in [3.63, 3.8) is 0 Å². The number of nitrogens with zero attached hydrogens (tertiary/aromatic N) is 2. The van der Waals surface area contributed by atoms with Crippen LogP contribution in [0.15, 0.2) is 34.6 Å². The number of pyridine rings is 2. The minimum atomic E-state index is 1.06. The summed E-state index contributed by atoms with van der Waals surface area (Å²) in [6, 6.07) is 4.32. The van der Waals surface area contributed by atoms with Crippen molar-refractivity contribution in [3.8, 4) is 0 Å². The van der Waals surface area contributed by atoms with Gasteiger partial charge in [0, 0.05) is 12.4 Å². The highest BCUT2D eigenvalue weighted by Gasteiger charge is 2.06. The van der Waals surface area contributed by atoms with Gasteiger partial charge in [-0.3, -0.25) is 0 Å². The first-order valence-electron chi connectivity index (χ1n) is 5.77. The second kappa shape index (κ2) is 5.76. The van der Waals surface area contributed by atoms with E-state index in [9.17, 15) is 0 Å². The van der Waals surface area contributed by atoms with Crippen molar-refractivity contribution in [2.24, 2.45) is 0 Å². The van der Waals surface area contributed by atoms with E-state index in [4.69, 9.17) is 0 Å². The van der Waals surface area contributed by atoms with E-state index in [1.165, 1.54) is 22.3 Å². The van der Waals surface area contributed by atoms with Gasteiger partial charge in [0.2, 0.25) is 0 Å². The Morgan fingerprint density at radius 2 is 1.11 bits per heavy atom. The summed E-state index contributed by atoms with van der Waals surface area (Å²) in [4.78, 5) is 8.91. The zero-order valence-electron chi connectivity index (χ0n) is 11.0. The molecule has 2 aromatic rings. The monoisotopic (exact) mass is 276 g/mol. The van der Waals surface area contributed by atoms with E-state index in [2.05, 4.69) is 49.8 Å². The molecule has 0 aliphatic heterocycles. The molecule has 2 rings (SSSR count). The Hall–Kier alpha value is -1.00. The van der Waals surface area contributed by atoms with Crippen LogP contribution >= 0.6 is 21.6 Å². The van der Waals surface area contributed by atoms with E-state index in [1.807, 2.05) is 12.4 Å². The first-order valence-corrected chi connectivity index (χ1v) is 7.92. The molecule has 0 amide bonds. The van der Waals surface area contributed by atoms with Gasteiger partial charge in [0.25, 0.3) is 0 Å². The molecule has 0 saturated carbocycles. The summed E-state index contributed by atoms with van der Waals surface area (Å²) in [5.74, 6) is 0. The Balaban J connectivity index is 2.11. The van der Waals surface area contributed by atoms with Gasteiger partial charge in [-0.15, -0.1) is 0 Å². The van der Waals surface area contributed by atoms with E-state index >= 15 is 0 Å². The summed E-state index contributed by atoms with van der Waals surface area (Å²) in [6.07, 6.45) is 3.82. The molecule has 4 heteroatoms. The summed E-state index contributed by atoms with van der Waals surface area (Å²) in [5, 5.41) is 2.12. The van der Waals surface area contributed by atoms with Gasteiger partial charge in [-0.2, -0.15) is 0 Å². The third kappa shape index (κ3) is 3.27. The lowest BCUT2D eigenvalue weighted by Gasteiger charge is -2.06. The summed E-state index contributed by atoms with van der Waals surface area (Å²) < 4.78 is 0. The number of hydrogen-bond donors (Lipinski definition) is 0. The van der Waals surface area contributed by atoms with Crippen LogP contribution in [0.5, 0.6) is 0 Å². The molecule has 0 radical (unpaired) electrons. The standard InChI is InChI=1S/C14H16N2S2/c1-9-5-11(3)13(15-7-9)17-18-14-12(4)6-10(2)8-16-14/h5-8H,1-4H3. The highest BCUT2D eigenvalue weighted by Crippen LogP contribution is 2.38. The van der Waals surface area contributed by atoms with Crippen LogP contribution in [0.1, 0.15) is 22.3 Å². The highest BCUT2D eigenvalue weighted by molar-refractivity contribution is 8.76. The molecule has 0 unspecified atom stereocenters. The first-order chi connectivity index (χ1) is 8.56. The molecule has 0 saturated heterocycles. The zero-order chi connectivity index (χ0) is 13.1. The molecule has 0 spiro atoms. The summed E-state index contributed by atoms with van der Waals surface area (Å²) in [6.45, 7) is 8.32. The maximum atomic E-state index is 4.45. The van der Waals surface area contributed by atoms with Crippen molar-refractivity contribution in [2.75, 3.05) is 0 Å². The van der Waals surface area contributed by atoms with Gasteiger partial charge in [-0.25, -0.2) is 9.97 Å². The van der Waals surface area contributed by atoms with Crippen molar-refractivity contribution in [2.45, 2.75) is 37.7 Å². The lowest BCUT2D eigenvalue weighted by Crippen LogP contribution is -1.88. The lowest BCUT2D eigenvalue weighted by molar-refractivity contribution is 1.06. The van der Waals surface area contributed by atoms with Gasteiger partial charge in [-0.05, 0) is 71.5 Å². The number of hydrogen-bond acceptors (Lipinski definition) is 4. The second-order valence-corrected chi connectivity index (χ2v) is 6.54. The smallest absolute Gasteiger partial charge is 0.110 e. The van der Waals surface area contributed by atoms with E-state index in [1.54, 1.807) is 21.6 Å². The van der Waals surface area contributed by atoms with Crippen LogP contribution in [0.4, 0.5) is 0 Å². The van der Waals surface area contributed by atoms with Crippen molar-refractivity contribution < 1.29 is 0 Å². The fourth-order valence-electron chi connectivity index (χ4n) is 1.66. The molecule has 94 valence electrons. The van der Waals surface area contributed by atoms with Crippen molar-refractivity contribution in [3.05, 3.63) is 46.8 Å². The van der Waals surface area contributed by atoms with E-state index < -0.39 is 0 Å². The van der Waals surface area contributed by atoms with Gasteiger partial charge in [-0.1, -0.05) is 12.1 Å². The maximum Gasteiger partial charge on any atom is 0.110 e. The van der Waals surface area contributed by atoms with Crippen LogP contribution in [-0.2, 0) is 0 Å². The molecule has 0 aliphatic rings. The minimum Gasteiger partial charge on any atom is -0.249 e. The van der Waals surface area contributed by atoms with Gasteiger partial charge in [0.15, 0.2) is 0 Å². The van der Waals surface area contributed by atoms with Gasteiger partial charge >= 0.3 is 0 Å². The predicted octanol–water partition coefficient (Wildman–Crippen LogP) is 4.51. The fraction of sp³-hybridized carbons (Fsp3) is 0.286. The molecular weight excluding hydrogens is 260 g/mol. The number of rotatable bonds is 3. The molecule has 18 heavy (non-hydrogen) atoms. The van der Waals surface area contributed by atoms with Gasteiger partial charge < -0.3 is 0 Å². The lowest BCUT2D eigenvalue weighted by atomic mass is 10.2. The average molecular weight is 276 g/mol. The molecular formula is C14H16N2S2. The topological polar surface area (TPSA) is 25.8 Å². The molecule has 0 atom stereocenters. The zero-order valence-corrected chi connectivity index (χ0v) is 12.7. The molecule has 0 bridgehead atoms. The number of aromatic nitrogens is 2. The fourth-order valence-corrected chi connectivity index (χ4v) is 3.91. The van der Waals surface area contributed by atoms with Crippen LogP contribution < -0.4 is 0 Å². The van der Waals surface area contributed by atoms with Crippen LogP contribution in [-0.4, -0.2) is 9.97 Å². The molecule has 0 N–H and O–H groups in total. The van der Waals surface area contributed by atoms with Crippen LogP contribution in [0.3, 0.4) is 0 Å². The first kappa shape index (κ1) is 13.4. The second-order valence-electron chi connectivity index (χ2n) is 4.44. The molecule has 0 aliphatic carbocycles. The van der Waals surface area contributed by atoms with Crippen LogP contribution in [0, 0.1) is 27.7 Å². The SMILES string of the molecule is Cc1cnc(SSc2ncc(C)cc2C)c(C)c1. The Morgan fingerprint density at radius 1 is 0.722 bits per heavy atom. The largest absolute Gasteiger partial charge is 0.249 e. The van der Waals surface area contributed by atoms with Crippen molar-refractivity contribution in [1.29, 1.82) is 0 Å². The number of aryl methyl sites for hydroxylation is 4. The Bertz CT molecular complexity index is 516. The maximum absolute atomic E-state index is 4.45. The Kier molecular flexibility index (Phi) is 4.30. The Labute approximate surface area is 116 Å². The summed E-state index contributed by atoms with van der Waals surface area (Å²) in [7, 11) is 3.34. The molecule has 2 heterocycles. The normalized spacial score (nSPS) is 10.7. The van der Waals surface area contributed by atoms with Crippen LogP contribution in [0.2, 0.25) is 0 Å². The quantitative estimate of drug-likeness (QED) is 0.770. The molecule has 0 fully saturated rings. The van der Waals surface area contributed by atoms with Gasteiger partial charge in [0.05, 0.1) is 0 Å². The molecule has 2 nitrogen and oxygen atoms in total. The van der Waals surface area contributed by atoms with Crippen LogP contribution in [0.25, 0.3) is 0 Å². The van der Waals surface area contributed by atoms with Crippen molar-refractivity contribution in [1.82, 2.24) is 9.97 Å². The van der Waals surface area contributed by atoms with Gasteiger partial charge in [0.1, 0.15) is 10.1 Å². The predicted molar refractivity (Wildman–Crippen MR) is 79.1 cm³/mol.